The molecular weight excluding hydrogens is 599 g/mol. The van der Waals surface area contributed by atoms with Gasteiger partial charge < -0.3 is 34.5 Å². The number of rotatable bonds is 10. The highest BCUT2D eigenvalue weighted by molar-refractivity contribution is 8.07. The van der Waals surface area contributed by atoms with E-state index in [0.29, 0.717) is 18.4 Å². The number of carbonyl (C=O) groups is 1. The van der Waals surface area contributed by atoms with Crippen LogP contribution < -0.4 is 22.4 Å². The number of nitrogen functional groups attached to an aromatic ring is 1. The third-order valence-corrected chi connectivity index (χ3v) is 8.96. The van der Waals surface area contributed by atoms with Gasteiger partial charge >= 0.3 is 18.1 Å². The van der Waals surface area contributed by atoms with Crippen LogP contribution >= 0.6 is 6.72 Å². The van der Waals surface area contributed by atoms with Crippen LogP contribution in [0, 0.1) is 5.92 Å². The molecule has 7 atom stereocenters. The average molecular weight is 633 g/mol. The van der Waals surface area contributed by atoms with Crippen LogP contribution in [0.4, 0.5) is 11.6 Å². The normalized spacial score (nSPS) is 26.7. The third kappa shape index (κ3) is 7.44. The third-order valence-electron chi connectivity index (χ3n) is 7.37. The lowest BCUT2D eigenvalue weighted by molar-refractivity contribution is -0.0354. The van der Waals surface area contributed by atoms with Gasteiger partial charge in [0.2, 0.25) is 0 Å². The van der Waals surface area contributed by atoms with E-state index in [1.54, 1.807) is 30.3 Å². The molecule has 1 unspecified atom stereocenters. The summed E-state index contributed by atoms with van der Waals surface area (Å²) >= 11 is 5.29. The number of hydrogen-bond donors (Lipinski definition) is 3. The minimum atomic E-state index is -3.73. The second kappa shape index (κ2) is 13.1. The molecule has 2 aliphatic heterocycles. The maximum atomic E-state index is 12.8. The molecule has 43 heavy (non-hydrogen) atoms. The van der Waals surface area contributed by atoms with Crippen LogP contribution in [0.2, 0.25) is 0 Å². The SMILES string of the molecule is CC[C@H]1O[C@@H](n2ccc(N)nc2=O)C[C@@H]1OP(O)(=S)OC[C@H]1O[C@@H](n2ccc(NC(=O)c3ccccc3)nc2=O)C[C@@H]1C. The highest BCUT2D eigenvalue weighted by atomic mass is 32.5. The van der Waals surface area contributed by atoms with Gasteiger partial charge in [-0.25, -0.2) is 9.59 Å². The van der Waals surface area contributed by atoms with E-state index in [2.05, 4.69) is 15.3 Å². The molecule has 230 valence electrons. The summed E-state index contributed by atoms with van der Waals surface area (Å²) in [4.78, 5) is 56.0. The number of benzene rings is 1. The Morgan fingerprint density at radius 3 is 2.40 bits per heavy atom. The van der Waals surface area contributed by atoms with Crippen molar-refractivity contribution in [2.75, 3.05) is 17.7 Å². The van der Waals surface area contributed by atoms with Gasteiger partial charge in [-0.15, -0.1) is 0 Å². The second-order valence-electron chi connectivity index (χ2n) is 10.4. The van der Waals surface area contributed by atoms with Crippen molar-refractivity contribution in [1.82, 2.24) is 19.1 Å². The average Bonchev–Trinajstić information content (AvgIpc) is 3.54. The molecule has 0 bridgehead atoms. The number of anilines is 2. The Balaban J connectivity index is 1.16. The van der Waals surface area contributed by atoms with Crippen molar-refractivity contribution in [3.63, 3.8) is 0 Å². The first-order chi connectivity index (χ1) is 20.5. The van der Waals surface area contributed by atoms with Crippen LogP contribution in [0.1, 0.15) is 55.9 Å². The Morgan fingerprint density at radius 1 is 1.07 bits per heavy atom. The Labute approximate surface area is 252 Å². The fourth-order valence-corrected chi connectivity index (χ4v) is 6.56. The monoisotopic (exact) mass is 632 g/mol. The lowest BCUT2D eigenvalue weighted by atomic mass is 10.0. The van der Waals surface area contributed by atoms with Crippen molar-refractivity contribution in [3.8, 4) is 0 Å². The predicted octanol–water partition coefficient (Wildman–Crippen LogP) is 2.57. The molecule has 4 heterocycles. The number of amides is 1. The van der Waals surface area contributed by atoms with Crippen LogP contribution in [0.5, 0.6) is 0 Å². The first-order valence-electron chi connectivity index (χ1n) is 13.8. The van der Waals surface area contributed by atoms with Gasteiger partial charge in [0.05, 0.1) is 24.9 Å². The highest BCUT2D eigenvalue weighted by Gasteiger charge is 2.41. The van der Waals surface area contributed by atoms with Crippen molar-refractivity contribution in [1.29, 1.82) is 0 Å². The van der Waals surface area contributed by atoms with Crippen molar-refractivity contribution < 1.29 is 28.2 Å². The maximum Gasteiger partial charge on any atom is 0.351 e. The summed E-state index contributed by atoms with van der Waals surface area (Å²) in [6.45, 7) is 0.0386. The standard InChI is InChI=1S/C27H33N6O8PS/c1-3-18-19(14-24(39-18)32-11-9-21(28)29-26(32)35)41-42(37,43)38-15-20-16(2)13-23(40-20)33-12-10-22(31-27(33)36)30-25(34)17-7-5-4-6-8-17/h4-12,16,18-20,23-24H,3,13-15H2,1-2H3,(H,37,43)(H2,28,29,35)(H,30,31,34,36)/t16-,18+,19-,20+,23+,24+,42?/m0/s1. The van der Waals surface area contributed by atoms with E-state index in [0.717, 1.165) is 0 Å². The summed E-state index contributed by atoms with van der Waals surface area (Å²) in [5, 5.41) is 2.62. The van der Waals surface area contributed by atoms with Crippen LogP contribution in [0.15, 0.2) is 64.4 Å². The molecule has 0 aliphatic carbocycles. The molecule has 3 aromatic rings. The molecule has 0 radical (unpaired) electrons. The largest absolute Gasteiger partial charge is 0.383 e. The van der Waals surface area contributed by atoms with Crippen LogP contribution in [0.25, 0.3) is 0 Å². The van der Waals surface area contributed by atoms with Gasteiger partial charge in [0.15, 0.2) is 0 Å². The Morgan fingerprint density at radius 2 is 1.72 bits per heavy atom. The van der Waals surface area contributed by atoms with E-state index in [-0.39, 0.29) is 36.5 Å². The van der Waals surface area contributed by atoms with Crippen LogP contribution in [0.3, 0.4) is 0 Å². The van der Waals surface area contributed by atoms with E-state index in [4.69, 9.17) is 36.1 Å². The zero-order valence-corrected chi connectivity index (χ0v) is 25.2. The zero-order chi connectivity index (χ0) is 30.7. The van der Waals surface area contributed by atoms with E-state index in [1.807, 2.05) is 13.8 Å². The molecule has 5 rings (SSSR count). The second-order valence-corrected chi connectivity index (χ2v) is 13.2. The summed E-state index contributed by atoms with van der Waals surface area (Å²) in [5.74, 6) is -0.192. The Kier molecular flexibility index (Phi) is 9.51. The van der Waals surface area contributed by atoms with Crippen LogP contribution in [-0.2, 0) is 30.3 Å². The van der Waals surface area contributed by atoms with Crippen molar-refractivity contribution >= 4 is 36.1 Å². The number of ether oxygens (including phenoxy) is 2. The van der Waals surface area contributed by atoms with Crippen LogP contribution in [-0.4, -0.2) is 54.8 Å². The molecule has 1 amide bonds. The summed E-state index contributed by atoms with van der Waals surface area (Å²) in [6.07, 6.45) is 1.49. The molecule has 2 saturated heterocycles. The Bertz CT molecular complexity index is 1620. The topological polar surface area (TPSA) is 182 Å². The molecule has 16 heteroatoms. The van der Waals surface area contributed by atoms with Crippen molar-refractivity contribution in [3.05, 3.63) is 81.4 Å². The lowest BCUT2D eigenvalue weighted by Crippen LogP contribution is -2.29. The number of nitrogens with zero attached hydrogens (tertiary/aromatic N) is 4. The van der Waals surface area contributed by atoms with E-state index in [1.165, 1.54) is 33.7 Å². The minimum absolute atomic E-state index is 0.0446. The van der Waals surface area contributed by atoms with Gasteiger partial charge in [0, 0.05) is 24.4 Å². The van der Waals surface area contributed by atoms with Gasteiger partial charge in [0.1, 0.15) is 24.1 Å². The molecule has 2 fully saturated rings. The predicted molar refractivity (Wildman–Crippen MR) is 160 cm³/mol. The van der Waals surface area contributed by atoms with Gasteiger partial charge in [-0.2, -0.15) is 9.97 Å². The molecule has 2 aliphatic rings. The summed E-state index contributed by atoms with van der Waals surface area (Å²) in [7, 11) is 0. The maximum absolute atomic E-state index is 12.8. The fourth-order valence-electron chi connectivity index (χ4n) is 5.08. The lowest BCUT2D eigenvalue weighted by Gasteiger charge is -2.24. The van der Waals surface area contributed by atoms with E-state index >= 15 is 0 Å². The van der Waals surface area contributed by atoms with E-state index in [9.17, 15) is 19.3 Å². The molecule has 0 saturated carbocycles. The molecule has 1 aromatic carbocycles. The summed E-state index contributed by atoms with van der Waals surface area (Å²) in [6, 6.07) is 11.6. The van der Waals surface area contributed by atoms with Gasteiger partial charge in [-0.05, 0) is 54.8 Å². The van der Waals surface area contributed by atoms with Gasteiger partial charge in [-0.3, -0.25) is 13.9 Å². The summed E-state index contributed by atoms with van der Waals surface area (Å²) in [5.41, 5.74) is 4.88. The number of nitrogens with one attached hydrogen (secondary N) is 1. The summed E-state index contributed by atoms with van der Waals surface area (Å²) < 4.78 is 26.2. The van der Waals surface area contributed by atoms with Crippen molar-refractivity contribution in [2.45, 2.75) is 63.9 Å². The number of aromatic nitrogens is 4. The zero-order valence-electron chi connectivity index (χ0n) is 23.5. The van der Waals surface area contributed by atoms with E-state index < -0.39 is 48.9 Å². The molecule has 2 aromatic heterocycles. The smallest absolute Gasteiger partial charge is 0.351 e. The first-order valence-corrected chi connectivity index (χ1v) is 16.4. The quantitative estimate of drug-likeness (QED) is 0.278. The number of carbonyl (C=O) groups excluding carboxylic acids is 1. The van der Waals surface area contributed by atoms with Gasteiger partial charge in [0.25, 0.3) is 5.91 Å². The fraction of sp³-hybridized carbons (Fsp3) is 0.444. The minimum Gasteiger partial charge on any atom is -0.383 e. The van der Waals surface area contributed by atoms with Gasteiger partial charge in [-0.1, -0.05) is 32.0 Å². The molecule has 4 N–H and O–H groups in total. The molecule has 0 spiro atoms. The van der Waals surface area contributed by atoms with Crippen molar-refractivity contribution in [2.24, 2.45) is 5.92 Å². The molecular formula is C27H33N6O8PS. The first kappa shape index (κ1) is 31.1. The molecule has 14 nitrogen and oxygen atoms in total. The number of hydrogen-bond acceptors (Lipinski definition) is 11. The Hall–Kier alpha value is -3.30. The highest BCUT2D eigenvalue weighted by Crippen LogP contribution is 2.50. The number of nitrogens with two attached hydrogens (primary N) is 1.